The molecule has 1 aromatic rings. The first-order valence-corrected chi connectivity index (χ1v) is 7.62. The van der Waals surface area contributed by atoms with Crippen molar-refractivity contribution < 1.29 is 35.0 Å². The van der Waals surface area contributed by atoms with Gasteiger partial charge in [0.2, 0.25) is 0 Å². The smallest absolute Gasteiger partial charge is 0.187 e. The highest BCUT2D eigenvalue weighted by atomic mass is 16.7. The lowest BCUT2D eigenvalue weighted by molar-refractivity contribution is -0.315. The van der Waals surface area contributed by atoms with E-state index in [-0.39, 0.29) is 0 Å². The second-order valence-electron chi connectivity index (χ2n) is 5.80. The van der Waals surface area contributed by atoms with Gasteiger partial charge < -0.3 is 35.0 Å². The van der Waals surface area contributed by atoms with Crippen molar-refractivity contribution in [3.05, 3.63) is 35.9 Å². The summed E-state index contributed by atoms with van der Waals surface area (Å²) in [4.78, 5) is 0. The van der Waals surface area contributed by atoms with Crippen molar-refractivity contribution in [3.63, 3.8) is 0 Å². The average molecular weight is 328 g/mol. The van der Waals surface area contributed by atoms with Crippen molar-refractivity contribution in [1.82, 2.24) is 0 Å². The van der Waals surface area contributed by atoms with Crippen LogP contribution in [-0.4, -0.2) is 75.1 Å². The third-order valence-corrected chi connectivity index (χ3v) is 4.03. The van der Waals surface area contributed by atoms with E-state index in [0.717, 1.165) is 5.56 Å². The van der Waals surface area contributed by atoms with Crippen LogP contribution in [0.25, 0.3) is 0 Å². The molecular weight excluding hydrogens is 304 g/mol. The molecule has 0 saturated carbocycles. The van der Waals surface area contributed by atoms with Crippen molar-refractivity contribution >= 4 is 0 Å². The Morgan fingerprint density at radius 2 is 1.74 bits per heavy atom. The molecule has 1 aromatic carbocycles. The predicted octanol–water partition coefficient (Wildman–Crippen LogP) is -1.20. The van der Waals surface area contributed by atoms with Gasteiger partial charge >= 0.3 is 0 Å². The molecule has 0 aromatic heterocycles. The fourth-order valence-corrected chi connectivity index (χ4v) is 2.50. The molecule has 0 spiro atoms. The largest absolute Gasteiger partial charge is 0.394 e. The lowest BCUT2D eigenvalue weighted by atomic mass is 9.99. The highest BCUT2D eigenvalue weighted by Crippen LogP contribution is 2.23. The zero-order valence-corrected chi connectivity index (χ0v) is 12.9. The van der Waals surface area contributed by atoms with E-state index in [1.54, 1.807) is 6.92 Å². The number of hydrogen-bond acceptors (Lipinski definition) is 7. The molecule has 1 fully saturated rings. The van der Waals surface area contributed by atoms with Crippen molar-refractivity contribution in [2.24, 2.45) is 0 Å². The van der Waals surface area contributed by atoms with Crippen LogP contribution in [-0.2, 0) is 15.9 Å². The molecule has 1 aliphatic heterocycles. The summed E-state index contributed by atoms with van der Waals surface area (Å²) in [6.45, 7) is 1.10. The van der Waals surface area contributed by atoms with Gasteiger partial charge in [0.25, 0.3) is 0 Å². The SMILES string of the molecule is C[C@H](O[C@@H]1O[C@H](CO)[C@@H](O)[C@H](O)[C@H]1O)[C@@H](O)Cc1ccccc1. The maximum Gasteiger partial charge on any atom is 0.187 e. The fraction of sp³-hybridized carbons (Fsp3) is 0.625. The van der Waals surface area contributed by atoms with Crippen LogP contribution >= 0.6 is 0 Å². The van der Waals surface area contributed by atoms with Crippen molar-refractivity contribution in [2.45, 2.75) is 56.3 Å². The van der Waals surface area contributed by atoms with Crippen molar-refractivity contribution in [2.75, 3.05) is 6.61 Å². The molecule has 5 N–H and O–H groups in total. The zero-order chi connectivity index (χ0) is 17.0. The Hall–Kier alpha value is -1.06. The summed E-state index contributed by atoms with van der Waals surface area (Å²) in [7, 11) is 0. The standard InChI is InChI=1S/C16H24O7/c1-9(11(18)7-10-5-3-2-4-6-10)22-16-15(21)14(20)13(19)12(8-17)23-16/h2-6,9,11-21H,7-8H2,1H3/t9-,11-,12+,13+,14-,15+,16+/m0/s1. The normalized spacial score (nSPS) is 34.1. The summed E-state index contributed by atoms with van der Waals surface area (Å²) >= 11 is 0. The molecule has 0 bridgehead atoms. The van der Waals surface area contributed by atoms with Crippen LogP contribution < -0.4 is 0 Å². The summed E-state index contributed by atoms with van der Waals surface area (Å²) in [5.74, 6) is 0. The molecule has 0 aliphatic carbocycles. The monoisotopic (exact) mass is 328 g/mol. The van der Waals surface area contributed by atoms with E-state index in [1.165, 1.54) is 0 Å². The molecule has 7 nitrogen and oxygen atoms in total. The minimum Gasteiger partial charge on any atom is -0.394 e. The molecule has 7 heteroatoms. The van der Waals surface area contributed by atoms with E-state index in [4.69, 9.17) is 14.6 Å². The van der Waals surface area contributed by atoms with E-state index < -0.39 is 49.5 Å². The number of aliphatic hydroxyl groups excluding tert-OH is 5. The molecule has 1 aliphatic rings. The van der Waals surface area contributed by atoms with Crippen LogP contribution in [0.15, 0.2) is 30.3 Å². The van der Waals surface area contributed by atoms with Crippen LogP contribution in [0.1, 0.15) is 12.5 Å². The first-order valence-electron chi connectivity index (χ1n) is 7.62. The van der Waals surface area contributed by atoms with Gasteiger partial charge in [0.15, 0.2) is 6.29 Å². The van der Waals surface area contributed by atoms with Gasteiger partial charge in [0, 0.05) is 6.42 Å². The second kappa shape index (κ2) is 8.16. The minimum absolute atomic E-state index is 0.361. The summed E-state index contributed by atoms with van der Waals surface area (Å²) in [5.41, 5.74) is 0.934. The van der Waals surface area contributed by atoms with Crippen molar-refractivity contribution in [1.29, 1.82) is 0 Å². The van der Waals surface area contributed by atoms with Crippen LogP contribution in [0.4, 0.5) is 0 Å². The Bertz CT molecular complexity index is 467. The van der Waals surface area contributed by atoms with Crippen LogP contribution in [0.3, 0.4) is 0 Å². The lowest BCUT2D eigenvalue weighted by Crippen LogP contribution is -2.60. The number of ether oxygens (including phenoxy) is 2. The molecule has 0 radical (unpaired) electrons. The molecule has 1 saturated heterocycles. The van der Waals surface area contributed by atoms with E-state index in [9.17, 15) is 20.4 Å². The molecule has 0 amide bonds. The number of aliphatic hydroxyl groups is 5. The van der Waals surface area contributed by atoms with E-state index in [2.05, 4.69) is 0 Å². The number of benzene rings is 1. The minimum atomic E-state index is -1.50. The van der Waals surface area contributed by atoms with Gasteiger partial charge in [-0.3, -0.25) is 0 Å². The average Bonchev–Trinajstić information content (AvgIpc) is 2.56. The Balaban J connectivity index is 1.94. The van der Waals surface area contributed by atoms with Gasteiger partial charge in [-0.25, -0.2) is 0 Å². The van der Waals surface area contributed by atoms with Gasteiger partial charge in [0.05, 0.1) is 18.8 Å². The maximum atomic E-state index is 10.2. The Kier molecular flexibility index (Phi) is 6.49. The predicted molar refractivity (Wildman–Crippen MR) is 80.5 cm³/mol. The van der Waals surface area contributed by atoms with Crippen LogP contribution in [0.5, 0.6) is 0 Å². The third kappa shape index (κ3) is 4.48. The second-order valence-corrected chi connectivity index (χ2v) is 5.80. The van der Waals surface area contributed by atoms with Gasteiger partial charge in [-0.15, -0.1) is 0 Å². The van der Waals surface area contributed by atoms with Gasteiger partial charge in [0.1, 0.15) is 24.4 Å². The molecule has 130 valence electrons. The zero-order valence-electron chi connectivity index (χ0n) is 12.9. The molecule has 0 unspecified atom stereocenters. The van der Waals surface area contributed by atoms with Crippen LogP contribution in [0.2, 0.25) is 0 Å². The number of hydrogen-bond donors (Lipinski definition) is 5. The van der Waals surface area contributed by atoms with E-state index >= 15 is 0 Å². The topological polar surface area (TPSA) is 120 Å². The Morgan fingerprint density at radius 3 is 2.35 bits per heavy atom. The number of rotatable bonds is 6. The molecule has 7 atom stereocenters. The summed E-state index contributed by atoms with van der Waals surface area (Å²) < 4.78 is 10.7. The summed E-state index contributed by atoms with van der Waals surface area (Å²) in [5, 5.41) is 48.7. The Labute approximate surface area is 134 Å². The van der Waals surface area contributed by atoms with E-state index in [0.29, 0.717) is 6.42 Å². The van der Waals surface area contributed by atoms with Gasteiger partial charge in [-0.05, 0) is 12.5 Å². The molecular formula is C16H24O7. The van der Waals surface area contributed by atoms with Gasteiger partial charge in [-0.2, -0.15) is 0 Å². The van der Waals surface area contributed by atoms with Crippen molar-refractivity contribution in [3.8, 4) is 0 Å². The Morgan fingerprint density at radius 1 is 1.09 bits per heavy atom. The highest BCUT2D eigenvalue weighted by molar-refractivity contribution is 5.15. The first kappa shape index (κ1) is 18.3. The lowest BCUT2D eigenvalue weighted by Gasteiger charge is -2.41. The molecule has 2 rings (SSSR count). The highest BCUT2D eigenvalue weighted by Gasteiger charge is 2.44. The van der Waals surface area contributed by atoms with Gasteiger partial charge in [-0.1, -0.05) is 30.3 Å². The molecule has 23 heavy (non-hydrogen) atoms. The summed E-state index contributed by atoms with van der Waals surface area (Å²) in [6, 6.07) is 9.37. The van der Waals surface area contributed by atoms with Crippen LogP contribution in [0, 0.1) is 0 Å². The first-order chi connectivity index (χ1) is 10.9. The summed E-state index contributed by atoms with van der Waals surface area (Å²) in [6.07, 6.45) is -7.84. The fourth-order valence-electron chi connectivity index (χ4n) is 2.50. The third-order valence-electron chi connectivity index (χ3n) is 4.03. The maximum absolute atomic E-state index is 10.2. The molecule has 1 heterocycles. The quantitative estimate of drug-likeness (QED) is 0.445. The van der Waals surface area contributed by atoms with E-state index in [1.807, 2.05) is 30.3 Å².